The van der Waals surface area contributed by atoms with Crippen molar-refractivity contribution in [3.8, 4) is 0 Å². The van der Waals surface area contributed by atoms with Crippen LogP contribution in [0.25, 0.3) is 0 Å². The van der Waals surface area contributed by atoms with Gasteiger partial charge in [-0.25, -0.2) is 9.97 Å². The van der Waals surface area contributed by atoms with Crippen LogP contribution in [0.3, 0.4) is 0 Å². The van der Waals surface area contributed by atoms with Gasteiger partial charge in [-0.3, -0.25) is 4.79 Å². The first-order valence-corrected chi connectivity index (χ1v) is 7.78. The van der Waals surface area contributed by atoms with Crippen molar-refractivity contribution in [2.45, 2.75) is 50.9 Å². The normalized spacial score (nSPS) is 35.0. The van der Waals surface area contributed by atoms with Gasteiger partial charge in [-0.1, -0.05) is 6.42 Å². The lowest BCUT2D eigenvalue weighted by Gasteiger charge is -2.24. The molecule has 2 fully saturated rings. The van der Waals surface area contributed by atoms with E-state index in [1.165, 1.54) is 25.7 Å². The molecule has 4 unspecified atom stereocenters. The van der Waals surface area contributed by atoms with Crippen LogP contribution in [0.1, 0.15) is 55.1 Å². The van der Waals surface area contributed by atoms with Gasteiger partial charge in [0.15, 0.2) is 0 Å². The number of carboxylic acids is 1. The molecule has 1 aromatic rings. The van der Waals surface area contributed by atoms with Crippen molar-refractivity contribution in [2.24, 2.45) is 17.8 Å². The summed E-state index contributed by atoms with van der Waals surface area (Å²) >= 11 is 0. The molecule has 1 heterocycles. The maximum atomic E-state index is 11.1. The van der Waals surface area contributed by atoms with E-state index in [9.17, 15) is 4.79 Å². The molecule has 106 valence electrons. The Hall–Kier alpha value is -1.45. The minimum atomic E-state index is -0.687. The number of aliphatic carboxylic acids is 1. The predicted octanol–water partition coefficient (Wildman–Crippen LogP) is 2.57. The number of hydrogen-bond acceptors (Lipinski definition) is 3. The monoisotopic (exact) mass is 272 g/mol. The summed E-state index contributed by atoms with van der Waals surface area (Å²) in [4.78, 5) is 20.5. The molecule has 0 saturated heterocycles. The van der Waals surface area contributed by atoms with E-state index in [0.29, 0.717) is 12.3 Å². The van der Waals surface area contributed by atoms with Crippen molar-refractivity contribution in [1.29, 1.82) is 0 Å². The summed E-state index contributed by atoms with van der Waals surface area (Å²) in [5, 5.41) is 9.12. The maximum absolute atomic E-state index is 11.1. The largest absolute Gasteiger partial charge is 0.481 e. The third-order valence-electron chi connectivity index (χ3n) is 5.59. The predicted molar refractivity (Wildman–Crippen MR) is 73.4 cm³/mol. The minimum absolute atomic E-state index is 0.251. The summed E-state index contributed by atoms with van der Waals surface area (Å²) < 4.78 is 0. The Morgan fingerprint density at radius 1 is 1.25 bits per heavy atom. The van der Waals surface area contributed by atoms with Crippen molar-refractivity contribution in [3.05, 3.63) is 23.3 Å². The van der Waals surface area contributed by atoms with Gasteiger partial charge in [-0.2, -0.15) is 0 Å². The molecule has 1 N–H and O–H groups in total. The molecular weight excluding hydrogens is 252 g/mol. The molecule has 20 heavy (non-hydrogen) atoms. The number of carbonyl (C=O) groups is 1. The van der Waals surface area contributed by atoms with Crippen LogP contribution in [0.4, 0.5) is 0 Å². The zero-order chi connectivity index (χ0) is 13.7. The van der Waals surface area contributed by atoms with Gasteiger partial charge in [-0.15, -0.1) is 0 Å². The van der Waals surface area contributed by atoms with Crippen LogP contribution in [-0.4, -0.2) is 21.0 Å². The molecule has 3 aliphatic carbocycles. The summed E-state index contributed by atoms with van der Waals surface area (Å²) in [7, 11) is 0. The molecule has 4 atom stereocenters. The maximum Gasteiger partial charge on any atom is 0.306 e. The van der Waals surface area contributed by atoms with Gasteiger partial charge in [0.2, 0.25) is 0 Å². The molecule has 2 bridgehead atoms. The Labute approximate surface area is 118 Å². The first-order valence-electron chi connectivity index (χ1n) is 7.78. The molecule has 3 aliphatic rings. The van der Waals surface area contributed by atoms with Gasteiger partial charge >= 0.3 is 5.97 Å². The molecule has 0 aliphatic heterocycles. The second-order valence-corrected chi connectivity index (χ2v) is 6.76. The second kappa shape index (κ2) is 4.54. The van der Waals surface area contributed by atoms with Crippen molar-refractivity contribution in [3.63, 3.8) is 0 Å². The van der Waals surface area contributed by atoms with Crippen LogP contribution in [0.2, 0.25) is 0 Å². The topological polar surface area (TPSA) is 63.1 Å². The van der Waals surface area contributed by atoms with Gasteiger partial charge in [0.25, 0.3) is 0 Å². The van der Waals surface area contributed by atoms with E-state index < -0.39 is 5.97 Å². The Balaban J connectivity index is 1.58. The van der Waals surface area contributed by atoms with Crippen molar-refractivity contribution < 1.29 is 9.90 Å². The van der Waals surface area contributed by atoms with E-state index in [1.54, 1.807) is 0 Å². The van der Waals surface area contributed by atoms with Crippen molar-refractivity contribution in [2.75, 3.05) is 0 Å². The fraction of sp³-hybridized carbons (Fsp3) is 0.688. The van der Waals surface area contributed by atoms with Crippen molar-refractivity contribution >= 4 is 5.97 Å². The first-order chi connectivity index (χ1) is 9.70. The molecule has 0 radical (unpaired) electrons. The average molecular weight is 272 g/mol. The van der Waals surface area contributed by atoms with Crippen LogP contribution in [0.15, 0.2) is 6.20 Å². The van der Waals surface area contributed by atoms with E-state index in [-0.39, 0.29) is 5.92 Å². The highest BCUT2D eigenvalue weighted by atomic mass is 16.4. The number of hydrogen-bond donors (Lipinski definition) is 1. The molecule has 0 spiro atoms. The summed E-state index contributed by atoms with van der Waals surface area (Å²) in [6, 6.07) is 0. The van der Waals surface area contributed by atoms with Gasteiger partial charge in [0.1, 0.15) is 5.82 Å². The number of nitrogens with zero attached hydrogens (tertiary/aromatic N) is 2. The highest BCUT2D eigenvalue weighted by Crippen LogP contribution is 2.52. The number of aromatic nitrogens is 2. The number of aryl methyl sites for hydroxylation is 1. The second-order valence-electron chi connectivity index (χ2n) is 6.76. The van der Waals surface area contributed by atoms with Crippen molar-refractivity contribution in [1.82, 2.24) is 9.97 Å². The molecule has 2 saturated carbocycles. The third kappa shape index (κ3) is 1.93. The average Bonchev–Trinajstić information content (AvgIpc) is 3.08. The van der Waals surface area contributed by atoms with E-state index in [4.69, 9.17) is 10.1 Å². The van der Waals surface area contributed by atoms with Gasteiger partial charge in [0.05, 0.1) is 5.92 Å². The van der Waals surface area contributed by atoms with Crippen LogP contribution < -0.4 is 0 Å². The smallest absolute Gasteiger partial charge is 0.306 e. The zero-order valence-corrected chi connectivity index (χ0v) is 11.6. The first kappa shape index (κ1) is 12.3. The van der Waals surface area contributed by atoms with Gasteiger partial charge in [0, 0.05) is 17.8 Å². The molecule has 1 aromatic heterocycles. The standard InChI is InChI=1S/C16H20N2O2/c19-16(20)11-3-4-14-12(7-11)8-17-15(18-14)13-6-9-1-2-10(13)5-9/h8-11,13H,1-7H2,(H,19,20). The lowest BCUT2D eigenvalue weighted by atomic mass is 9.86. The molecule has 4 rings (SSSR count). The quantitative estimate of drug-likeness (QED) is 0.898. The summed E-state index contributed by atoms with van der Waals surface area (Å²) in [5.41, 5.74) is 2.16. The van der Waals surface area contributed by atoms with E-state index in [0.717, 1.165) is 41.8 Å². The van der Waals surface area contributed by atoms with Crippen LogP contribution in [0, 0.1) is 17.8 Å². The molecular formula is C16H20N2O2. The van der Waals surface area contributed by atoms with Gasteiger partial charge in [-0.05, 0) is 55.9 Å². The Morgan fingerprint density at radius 2 is 2.15 bits per heavy atom. The number of carboxylic acid groups (broad SMARTS) is 1. The molecule has 4 heteroatoms. The zero-order valence-electron chi connectivity index (χ0n) is 11.6. The third-order valence-corrected chi connectivity index (χ3v) is 5.59. The van der Waals surface area contributed by atoms with Crippen LogP contribution in [0.5, 0.6) is 0 Å². The highest BCUT2D eigenvalue weighted by Gasteiger charge is 2.41. The Morgan fingerprint density at radius 3 is 2.85 bits per heavy atom. The Bertz CT molecular complexity index is 557. The SMILES string of the molecule is O=C(O)C1CCc2nc(C3CC4CCC3C4)ncc2C1. The fourth-order valence-corrected chi connectivity index (χ4v) is 4.47. The fourth-order valence-electron chi connectivity index (χ4n) is 4.47. The highest BCUT2D eigenvalue weighted by molar-refractivity contribution is 5.70. The molecule has 0 amide bonds. The number of fused-ring (bicyclic) bond motifs is 3. The van der Waals surface area contributed by atoms with Crippen LogP contribution in [-0.2, 0) is 17.6 Å². The molecule has 0 aromatic carbocycles. The summed E-state index contributed by atoms with van der Waals surface area (Å²) in [5.74, 6) is 2.36. The summed E-state index contributed by atoms with van der Waals surface area (Å²) in [6.45, 7) is 0. The van der Waals surface area contributed by atoms with E-state index in [2.05, 4.69) is 4.98 Å². The van der Waals surface area contributed by atoms with Crippen LogP contribution >= 0.6 is 0 Å². The molecule has 4 nitrogen and oxygen atoms in total. The Kier molecular flexibility index (Phi) is 2.79. The summed E-state index contributed by atoms with van der Waals surface area (Å²) in [6.07, 6.45) is 9.38. The minimum Gasteiger partial charge on any atom is -0.481 e. The lowest BCUT2D eigenvalue weighted by Crippen LogP contribution is -2.24. The van der Waals surface area contributed by atoms with E-state index in [1.807, 2.05) is 6.20 Å². The lowest BCUT2D eigenvalue weighted by molar-refractivity contribution is -0.142. The van der Waals surface area contributed by atoms with Gasteiger partial charge < -0.3 is 5.11 Å². The number of rotatable bonds is 2. The van der Waals surface area contributed by atoms with E-state index >= 15 is 0 Å².